The van der Waals surface area contributed by atoms with Crippen LogP contribution in [0.5, 0.6) is 5.75 Å². The number of amides is 1. The van der Waals surface area contributed by atoms with E-state index in [1.165, 1.54) is 16.0 Å². The summed E-state index contributed by atoms with van der Waals surface area (Å²) in [7, 11) is 1.69. The van der Waals surface area contributed by atoms with E-state index in [2.05, 4.69) is 58.4 Å². The molecule has 6 heteroatoms. The molecular formula is C23H31N3O2S. The average molecular weight is 414 g/mol. The molecule has 1 N–H and O–H groups in total. The van der Waals surface area contributed by atoms with E-state index in [9.17, 15) is 4.79 Å². The van der Waals surface area contributed by atoms with E-state index in [4.69, 9.17) is 4.74 Å². The van der Waals surface area contributed by atoms with Gasteiger partial charge < -0.3 is 10.1 Å². The van der Waals surface area contributed by atoms with Crippen LogP contribution >= 0.6 is 11.8 Å². The van der Waals surface area contributed by atoms with Crippen LogP contribution in [-0.2, 0) is 11.3 Å². The Hall–Kier alpha value is -2.02. The zero-order chi connectivity index (χ0) is 20.5. The standard InChI is InChI=1S/C23H31N3O2S/c1-19-3-9-22(10-4-19)29-16-11-24-23(27)18-26-14-12-25(13-15-26)17-20-5-7-21(28-2)8-6-20/h3-10H,11-18H2,1-2H3,(H,24,27). The first-order valence-electron chi connectivity index (χ1n) is 10.2. The first-order valence-corrected chi connectivity index (χ1v) is 11.1. The lowest BCUT2D eigenvalue weighted by Gasteiger charge is -2.34. The molecular weight excluding hydrogens is 382 g/mol. The molecule has 5 nitrogen and oxygen atoms in total. The number of methoxy groups -OCH3 is 1. The number of nitrogens with one attached hydrogen (secondary N) is 1. The lowest BCUT2D eigenvalue weighted by atomic mass is 10.2. The van der Waals surface area contributed by atoms with Crippen molar-refractivity contribution in [1.29, 1.82) is 0 Å². The molecule has 3 rings (SSSR count). The Balaban J connectivity index is 1.29. The van der Waals surface area contributed by atoms with Crippen LogP contribution in [0.25, 0.3) is 0 Å². The number of carbonyl (C=O) groups excluding carboxylic acids is 1. The minimum absolute atomic E-state index is 0.123. The largest absolute Gasteiger partial charge is 0.497 e. The molecule has 0 radical (unpaired) electrons. The molecule has 2 aromatic rings. The maximum atomic E-state index is 12.2. The van der Waals surface area contributed by atoms with Crippen molar-refractivity contribution in [3.8, 4) is 5.75 Å². The summed E-state index contributed by atoms with van der Waals surface area (Å²) in [5.41, 5.74) is 2.56. The highest BCUT2D eigenvalue weighted by Gasteiger charge is 2.18. The van der Waals surface area contributed by atoms with Crippen molar-refractivity contribution in [1.82, 2.24) is 15.1 Å². The van der Waals surface area contributed by atoms with Gasteiger partial charge in [-0.2, -0.15) is 0 Å². The van der Waals surface area contributed by atoms with E-state index < -0.39 is 0 Å². The fourth-order valence-corrected chi connectivity index (χ4v) is 4.12. The summed E-state index contributed by atoms with van der Waals surface area (Å²) in [5.74, 6) is 1.91. The van der Waals surface area contributed by atoms with Gasteiger partial charge in [-0.15, -0.1) is 11.8 Å². The Morgan fingerprint density at radius 2 is 1.66 bits per heavy atom. The van der Waals surface area contributed by atoms with Crippen molar-refractivity contribution < 1.29 is 9.53 Å². The number of rotatable bonds is 9. The SMILES string of the molecule is COc1ccc(CN2CCN(CC(=O)NCCSc3ccc(C)cc3)CC2)cc1. The number of hydrogen-bond donors (Lipinski definition) is 1. The minimum atomic E-state index is 0.123. The van der Waals surface area contributed by atoms with Gasteiger partial charge >= 0.3 is 0 Å². The molecule has 0 aliphatic carbocycles. The molecule has 0 aromatic heterocycles. The fourth-order valence-electron chi connectivity index (χ4n) is 3.35. The van der Waals surface area contributed by atoms with E-state index >= 15 is 0 Å². The van der Waals surface area contributed by atoms with Gasteiger partial charge in [0, 0.05) is 49.9 Å². The van der Waals surface area contributed by atoms with Gasteiger partial charge in [-0.05, 0) is 36.8 Å². The smallest absolute Gasteiger partial charge is 0.234 e. The number of aryl methyl sites for hydroxylation is 1. The average Bonchev–Trinajstić information content (AvgIpc) is 2.74. The Labute approximate surface area is 178 Å². The molecule has 0 saturated carbocycles. The van der Waals surface area contributed by atoms with Gasteiger partial charge in [-0.1, -0.05) is 29.8 Å². The summed E-state index contributed by atoms with van der Waals surface area (Å²) < 4.78 is 5.21. The zero-order valence-electron chi connectivity index (χ0n) is 17.4. The third kappa shape index (κ3) is 7.38. The number of benzene rings is 2. The Kier molecular flexibility index (Phi) is 8.40. The predicted octanol–water partition coefficient (Wildman–Crippen LogP) is 3.03. The zero-order valence-corrected chi connectivity index (χ0v) is 18.2. The third-order valence-corrected chi connectivity index (χ3v) is 6.13. The fraction of sp³-hybridized carbons (Fsp3) is 0.435. The van der Waals surface area contributed by atoms with Crippen molar-refractivity contribution in [3.63, 3.8) is 0 Å². The topological polar surface area (TPSA) is 44.8 Å². The highest BCUT2D eigenvalue weighted by atomic mass is 32.2. The molecule has 1 heterocycles. The van der Waals surface area contributed by atoms with Crippen LogP contribution in [0, 0.1) is 6.92 Å². The van der Waals surface area contributed by atoms with Gasteiger partial charge in [0.25, 0.3) is 0 Å². The summed E-state index contributed by atoms with van der Waals surface area (Å²) in [4.78, 5) is 18.1. The van der Waals surface area contributed by atoms with Gasteiger partial charge in [-0.25, -0.2) is 0 Å². The highest BCUT2D eigenvalue weighted by molar-refractivity contribution is 7.99. The molecule has 1 amide bonds. The molecule has 0 atom stereocenters. The van der Waals surface area contributed by atoms with Crippen molar-refractivity contribution in [2.75, 3.05) is 52.1 Å². The molecule has 2 aromatic carbocycles. The van der Waals surface area contributed by atoms with Crippen LogP contribution in [0.4, 0.5) is 0 Å². The normalized spacial score (nSPS) is 15.2. The van der Waals surface area contributed by atoms with Crippen molar-refractivity contribution in [2.24, 2.45) is 0 Å². The Bertz CT molecular complexity index is 757. The van der Waals surface area contributed by atoms with Gasteiger partial charge in [0.05, 0.1) is 13.7 Å². The third-order valence-electron chi connectivity index (χ3n) is 5.11. The second kappa shape index (κ2) is 11.2. The second-order valence-corrected chi connectivity index (χ2v) is 8.58. The quantitative estimate of drug-likeness (QED) is 0.506. The van der Waals surface area contributed by atoms with Crippen molar-refractivity contribution >= 4 is 17.7 Å². The number of hydrogen-bond acceptors (Lipinski definition) is 5. The second-order valence-electron chi connectivity index (χ2n) is 7.41. The minimum Gasteiger partial charge on any atom is -0.497 e. The van der Waals surface area contributed by atoms with Crippen LogP contribution in [0.3, 0.4) is 0 Å². The summed E-state index contributed by atoms with van der Waals surface area (Å²) in [5, 5.41) is 3.05. The molecule has 1 aliphatic heterocycles. The van der Waals surface area contributed by atoms with Gasteiger partial charge in [-0.3, -0.25) is 14.6 Å². The highest BCUT2D eigenvalue weighted by Crippen LogP contribution is 2.17. The molecule has 1 saturated heterocycles. The molecule has 156 valence electrons. The number of ether oxygens (including phenoxy) is 1. The van der Waals surface area contributed by atoms with E-state index in [-0.39, 0.29) is 5.91 Å². The summed E-state index contributed by atoms with van der Waals surface area (Å²) >= 11 is 1.78. The number of thioether (sulfide) groups is 1. The van der Waals surface area contributed by atoms with Gasteiger partial charge in [0.2, 0.25) is 5.91 Å². The van der Waals surface area contributed by atoms with E-state index in [1.54, 1.807) is 18.9 Å². The van der Waals surface area contributed by atoms with Crippen LogP contribution in [0.2, 0.25) is 0 Å². The van der Waals surface area contributed by atoms with Gasteiger partial charge in [0.15, 0.2) is 0 Å². The monoisotopic (exact) mass is 413 g/mol. The first-order chi connectivity index (χ1) is 14.1. The first kappa shape index (κ1) is 21.7. The molecule has 1 aliphatic rings. The Morgan fingerprint density at radius 1 is 1.00 bits per heavy atom. The van der Waals surface area contributed by atoms with Crippen molar-refractivity contribution in [2.45, 2.75) is 18.4 Å². The molecule has 0 spiro atoms. The molecule has 29 heavy (non-hydrogen) atoms. The van der Waals surface area contributed by atoms with Crippen LogP contribution in [-0.4, -0.2) is 67.8 Å². The lowest BCUT2D eigenvalue weighted by molar-refractivity contribution is -0.122. The summed E-state index contributed by atoms with van der Waals surface area (Å²) in [6, 6.07) is 16.8. The van der Waals surface area contributed by atoms with Gasteiger partial charge in [0.1, 0.15) is 5.75 Å². The number of carbonyl (C=O) groups is 1. The summed E-state index contributed by atoms with van der Waals surface area (Å²) in [6.07, 6.45) is 0. The van der Waals surface area contributed by atoms with E-state index in [0.29, 0.717) is 13.1 Å². The molecule has 0 bridgehead atoms. The van der Waals surface area contributed by atoms with Crippen molar-refractivity contribution in [3.05, 3.63) is 59.7 Å². The maximum absolute atomic E-state index is 12.2. The van der Waals surface area contributed by atoms with E-state index in [0.717, 1.165) is 44.2 Å². The number of piperazine rings is 1. The van der Waals surface area contributed by atoms with Crippen LogP contribution in [0.15, 0.2) is 53.4 Å². The molecule has 0 unspecified atom stereocenters. The van der Waals surface area contributed by atoms with Crippen LogP contribution < -0.4 is 10.1 Å². The van der Waals surface area contributed by atoms with E-state index in [1.807, 2.05) is 12.1 Å². The Morgan fingerprint density at radius 3 is 2.31 bits per heavy atom. The number of nitrogens with zero attached hydrogens (tertiary/aromatic N) is 2. The summed E-state index contributed by atoms with van der Waals surface area (Å²) in [6.45, 7) is 8.07. The lowest BCUT2D eigenvalue weighted by Crippen LogP contribution is -2.49. The molecule has 1 fully saturated rings. The maximum Gasteiger partial charge on any atom is 0.234 e. The predicted molar refractivity (Wildman–Crippen MR) is 120 cm³/mol. The van der Waals surface area contributed by atoms with Crippen LogP contribution in [0.1, 0.15) is 11.1 Å².